The van der Waals surface area contributed by atoms with Crippen molar-refractivity contribution in [2.45, 2.75) is 25.0 Å². The Morgan fingerprint density at radius 2 is 2.16 bits per heavy atom. The summed E-state index contributed by atoms with van der Waals surface area (Å²) in [5.41, 5.74) is 0.598. The zero-order valence-corrected chi connectivity index (χ0v) is 10.8. The number of piperidine rings is 1. The molecule has 3 atom stereocenters. The number of hydrogen-bond acceptors (Lipinski definition) is 3. The molecule has 0 bridgehead atoms. The molecule has 2 N–H and O–H groups in total. The molecule has 1 aromatic rings. The molecule has 1 saturated heterocycles. The number of nitrogens with zero attached hydrogens (tertiary/aromatic N) is 1. The highest BCUT2D eigenvalue weighted by atomic mass is 19.1. The third-order valence-electron chi connectivity index (χ3n) is 3.82. The minimum atomic E-state index is -0.983. The van der Waals surface area contributed by atoms with Gasteiger partial charge in [-0.2, -0.15) is 0 Å². The van der Waals surface area contributed by atoms with E-state index in [-0.39, 0.29) is 18.4 Å². The van der Waals surface area contributed by atoms with Gasteiger partial charge < -0.3 is 15.1 Å². The van der Waals surface area contributed by atoms with Gasteiger partial charge >= 0.3 is 5.97 Å². The van der Waals surface area contributed by atoms with Gasteiger partial charge in [-0.25, -0.2) is 4.39 Å². The smallest absolute Gasteiger partial charge is 0.310 e. The highest BCUT2D eigenvalue weighted by molar-refractivity contribution is 5.71. The summed E-state index contributed by atoms with van der Waals surface area (Å²) in [4.78, 5) is 12.9. The molecule has 104 valence electrons. The maximum absolute atomic E-state index is 13.6. The van der Waals surface area contributed by atoms with Crippen LogP contribution in [0.3, 0.4) is 0 Å². The van der Waals surface area contributed by atoms with Crippen LogP contribution in [0.15, 0.2) is 24.3 Å². The number of likely N-dealkylation sites (N-methyl/N-ethyl adjacent to an activating group) is 1. The van der Waals surface area contributed by atoms with E-state index < -0.39 is 18.0 Å². The molecular weight excluding hydrogens is 249 g/mol. The first-order chi connectivity index (χ1) is 8.99. The fourth-order valence-corrected chi connectivity index (χ4v) is 2.60. The summed E-state index contributed by atoms with van der Waals surface area (Å²) in [6.07, 6.45) is -0.0422. The minimum absolute atomic E-state index is 0.0394. The number of likely N-dealkylation sites (tertiary alicyclic amines) is 1. The molecule has 5 heteroatoms. The molecule has 19 heavy (non-hydrogen) atoms. The Bertz CT molecular complexity index is 466. The van der Waals surface area contributed by atoms with Crippen LogP contribution in [0.2, 0.25) is 0 Å². The van der Waals surface area contributed by atoms with Gasteiger partial charge in [0, 0.05) is 12.6 Å². The van der Waals surface area contributed by atoms with Crippen molar-refractivity contribution in [3.8, 4) is 0 Å². The van der Waals surface area contributed by atoms with Crippen molar-refractivity contribution >= 4 is 5.97 Å². The molecule has 0 aromatic heterocycles. The number of aliphatic hydroxyl groups is 1. The second-order valence-corrected chi connectivity index (χ2v) is 5.14. The second-order valence-electron chi connectivity index (χ2n) is 5.14. The highest BCUT2D eigenvalue weighted by Gasteiger charge is 2.36. The number of carboxylic acids is 1. The number of aliphatic hydroxyl groups excluding tert-OH is 1. The molecule has 4 nitrogen and oxygen atoms in total. The van der Waals surface area contributed by atoms with Crippen molar-refractivity contribution in [1.82, 2.24) is 4.90 Å². The lowest BCUT2D eigenvalue weighted by Crippen LogP contribution is -2.51. The predicted molar refractivity (Wildman–Crippen MR) is 68.3 cm³/mol. The van der Waals surface area contributed by atoms with Gasteiger partial charge in [0.05, 0.1) is 12.0 Å². The largest absolute Gasteiger partial charge is 0.481 e. The van der Waals surface area contributed by atoms with E-state index in [9.17, 15) is 14.3 Å². The molecule has 0 aliphatic carbocycles. The minimum Gasteiger partial charge on any atom is -0.481 e. The van der Waals surface area contributed by atoms with E-state index in [0.717, 1.165) is 0 Å². The van der Waals surface area contributed by atoms with Crippen molar-refractivity contribution in [2.75, 3.05) is 13.6 Å². The Hall–Kier alpha value is -1.46. The lowest BCUT2D eigenvalue weighted by molar-refractivity contribution is -0.149. The van der Waals surface area contributed by atoms with Gasteiger partial charge in [-0.05, 0) is 31.5 Å². The van der Waals surface area contributed by atoms with Gasteiger partial charge in [-0.3, -0.25) is 4.79 Å². The summed E-state index contributed by atoms with van der Waals surface area (Å²) in [7, 11) is 1.81. The van der Waals surface area contributed by atoms with Gasteiger partial charge in [0.1, 0.15) is 5.82 Å². The third kappa shape index (κ3) is 3.11. The van der Waals surface area contributed by atoms with Crippen LogP contribution in [0.1, 0.15) is 12.0 Å². The van der Waals surface area contributed by atoms with Crippen molar-refractivity contribution in [2.24, 2.45) is 5.92 Å². The van der Waals surface area contributed by atoms with Gasteiger partial charge in [-0.1, -0.05) is 18.2 Å². The predicted octanol–water partition coefficient (Wildman–Crippen LogP) is 1.13. The van der Waals surface area contributed by atoms with Crippen LogP contribution in [0.5, 0.6) is 0 Å². The van der Waals surface area contributed by atoms with Crippen molar-refractivity contribution in [3.05, 3.63) is 35.6 Å². The number of benzene rings is 1. The number of carboxylic acid groups (broad SMARTS) is 1. The van der Waals surface area contributed by atoms with Gasteiger partial charge in [-0.15, -0.1) is 0 Å². The van der Waals surface area contributed by atoms with E-state index in [0.29, 0.717) is 18.4 Å². The Kier molecular flexibility index (Phi) is 4.17. The van der Waals surface area contributed by atoms with Crippen LogP contribution in [0, 0.1) is 11.7 Å². The Morgan fingerprint density at radius 1 is 1.47 bits per heavy atom. The van der Waals surface area contributed by atoms with Crippen LogP contribution < -0.4 is 0 Å². The Balaban J connectivity index is 2.07. The maximum Gasteiger partial charge on any atom is 0.310 e. The van der Waals surface area contributed by atoms with Crippen LogP contribution in [-0.4, -0.2) is 46.8 Å². The monoisotopic (exact) mass is 267 g/mol. The summed E-state index contributed by atoms with van der Waals surface area (Å²) >= 11 is 0. The van der Waals surface area contributed by atoms with E-state index in [1.165, 1.54) is 6.07 Å². The van der Waals surface area contributed by atoms with Crippen LogP contribution >= 0.6 is 0 Å². The Labute approximate surface area is 111 Å². The average molecular weight is 267 g/mol. The molecule has 2 rings (SSSR count). The molecule has 1 heterocycles. The molecule has 0 radical (unpaired) electrons. The molecule has 1 aromatic carbocycles. The molecule has 0 saturated carbocycles. The molecule has 0 amide bonds. The van der Waals surface area contributed by atoms with Gasteiger partial charge in [0.2, 0.25) is 0 Å². The quantitative estimate of drug-likeness (QED) is 0.862. The topological polar surface area (TPSA) is 60.8 Å². The molecular formula is C14H18FNO3. The summed E-state index contributed by atoms with van der Waals surface area (Å²) in [5.74, 6) is -2.00. The van der Waals surface area contributed by atoms with Crippen LogP contribution in [0.25, 0.3) is 0 Å². The molecule has 1 fully saturated rings. The molecule has 3 unspecified atom stereocenters. The third-order valence-corrected chi connectivity index (χ3v) is 3.82. The van der Waals surface area contributed by atoms with Crippen molar-refractivity contribution in [1.29, 1.82) is 0 Å². The zero-order chi connectivity index (χ0) is 14.0. The summed E-state index contributed by atoms with van der Waals surface area (Å²) in [5, 5.41) is 18.9. The number of carbonyl (C=O) groups is 1. The second kappa shape index (κ2) is 5.67. The van der Waals surface area contributed by atoms with E-state index in [1.807, 2.05) is 11.9 Å². The van der Waals surface area contributed by atoms with Crippen molar-refractivity contribution < 1.29 is 19.4 Å². The normalized spacial score (nSPS) is 28.3. The van der Waals surface area contributed by atoms with Crippen molar-refractivity contribution in [3.63, 3.8) is 0 Å². The fraction of sp³-hybridized carbons (Fsp3) is 0.500. The number of hydrogen-bond donors (Lipinski definition) is 2. The maximum atomic E-state index is 13.6. The van der Waals surface area contributed by atoms with Crippen LogP contribution in [-0.2, 0) is 11.2 Å². The van der Waals surface area contributed by atoms with Crippen LogP contribution in [0.4, 0.5) is 4.39 Å². The standard InChI is InChI=1S/C14H18FNO3/c1-16-8-11(14(18)19)13(17)7-10(16)6-9-4-2-3-5-12(9)15/h2-5,10-11,13,17H,6-8H2,1H3,(H,18,19). The SMILES string of the molecule is CN1CC(C(=O)O)C(O)CC1Cc1ccccc1F. The molecule has 1 aliphatic rings. The number of rotatable bonds is 3. The van der Waals surface area contributed by atoms with Gasteiger partial charge in [0.25, 0.3) is 0 Å². The lowest BCUT2D eigenvalue weighted by Gasteiger charge is -2.38. The first-order valence-corrected chi connectivity index (χ1v) is 6.33. The summed E-state index contributed by atoms with van der Waals surface area (Å²) in [6.45, 7) is 0.287. The van der Waals surface area contributed by atoms with E-state index >= 15 is 0 Å². The Morgan fingerprint density at radius 3 is 2.79 bits per heavy atom. The zero-order valence-electron chi connectivity index (χ0n) is 10.8. The fourth-order valence-electron chi connectivity index (χ4n) is 2.60. The van der Waals surface area contributed by atoms with E-state index in [2.05, 4.69) is 0 Å². The number of halogens is 1. The molecule has 0 spiro atoms. The first-order valence-electron chi connectivity index (χ1n) is 6.33. The summed E-state index contributed by atoms with van der Waals surface area (Å²) in [6, 6.07) is 6.51. The lowest BCUT2D eigenvalue weighted by atomic mass is 9.87. The van der Waals surface area contributed by atoms with Gasteiger partial charge in [0.15, 0.2) is 0 Å². The number of aliphatic carboxylic acids is 1. The first kappa shape index (κ1) is 14.0. The average Bonchev–Trinajstić information content (AvgIpc) is 2.35. The van der Waals surface area contributed by atoms with E-state index in [4.69, 9.17) is 5.11 Å². The highest BCUT2D eigenvalue weighted by Crippen LogP contribution is 2.24. The molecule has 1 aliphatic heterocycles. The summed E-state index contributed by atoms with van der Waals surface area (Å²) < 4.78 is 13.6. The van der Waals surface area contributed by atoms with E-state index in [1.54, 1.807) is 18.2 Å².